The molecule has 3 heterocycles. The van der Waals surface area contributed by atoms with Crippen LogP contribution < -0.4 is 26.3 Å². The Morgan fingerprint density at radius 3 is 2.08 bits per heavy atom. The summed E-state index contributed by atoms with van der Waals surface area (Å²) >= 11 is 0. The second kappa shape index (κ2) is 22.6. The van der Waals surface area contributed by atoms with Crippen molar-refractivity contribution < 1.29 is 28.3 Å². The number of imidazole rings is 2. The smallest absolute Gasteiger partial charge is 0.408 e. The predicted octanol–water partition coefficient (Wildman–Crippen LogP) is 9.03. The van der Waals surface area contributed by atoms with Crippen LogP contribution in [0.15, 0.2) is 85.7 Å². The number of H-pyrrole nitrogens is 2. The summed E-state index contributed by atoms with van der Waals surface area (Å²) in [5.74, 6) is 3.01. The van der Waals surface area contributed by atoms with Crippen molar-refractivity contribution in [3.63, 3.8) is 0 Å². The highest BCUT2D eigenvalue weighted by molar-refractivity contribution is 6.99. The number of carbonyl (C=O) groups is 4. The number of nitrogens with zero attached hydrogens (tertiary/aromatic N) is 3. The van der Waals surface area contributed by atoms with Gasteiger partial charge in [-0.2, -0.15) is 0 Å². The molecule has 4 aromatic rings. The van der Waals surface area contributed by atoms with Crippen LogP contribution in [0.5, 0.6) is 0 Å². The maximum Gasteiger partial charge on any atom is 0.408 e. The van der Waals surface area contributed by atoms with Gasteiger partial charge in [0.05, 0.1) is 12.7 Å². The first kappa shape index (κ1) is 55.5. The Hall–Kier alpha value is -5.28. The van der Waals surface area contributed by atoms with Gasteiger partial charge in [-0.1, -0.05) is 102 Å². The van der Waals surface area contributed by atoms with Crippen molar-refractivity contribution in [2.75, 3.05) is 13.1 Å². The second-order valence-electron chi connectivity index (χ2n) is 26.2. The lowest BCUT2D eigenvalue weighted by atomic mass is 9.44. The Bertz CT molecular complexity index is 2550. The van der Waals surface area contributed by atoms with Gasteiger partial charge in [0.1, 0.15) is 17.7 Å². The van der Waals surface area contributed by atoms with Gasteiger partial charge >= 0.3 is 6.09 Å². The molecule has 4 saturated carbocycles. The molecule has 412 valence electrons. The molecule has 0 bridgehead atoms. The number of likely N-dealkylation sites (tertiary alicyclic amines) is 1. The lowest BCUT2D eigenvalue weighted by Gasteiger charge is -2.62. The normalized spacial score (nSPS) is 29.3. The zero-order chi connectivity index (χ0) is 54.0. The van der Waals surface area contributed by atoms with Crippen molar-refractivity contribution in [3.8, 4) is 0 Å². The molecule has 5 aliphatic rings. The molecular formula is C61H88N8O6Si. The van der Waals surface area contributed by atoms with Crippen LogP contribution in [0.1, 0.15) is 151 Å². The van der Waals surface area contributed by atoms with Crippen LogP contribution in [0.3, 0.4) is 0 Å². The molecule has 4 amide bonds. The van der Waals surface area contributed by atoms with Crippen LogP contribution in [0.4, 0.5) is 4.79 Å². The van der Waals surface area contributed by atoms with E-state index in [2.05, 4.69) is 138 Å². The predicted molar refractivity (Wildman–Crippen MR) is 299 cm³/mol. The molecule has 9 rings (SSSR count). The van der Waals surface area contributed by atoms with Crippen LogP contribution >= 0.6 is 0 Å². The van der Waals surface area contributed by atoms with Crippen molar-refractivity contribution >= 4 is 42.5 Å². The van der Waals surface area contributed by atoms with E-state index < -0.39 is 44.0 Å². The molecule has 1 saturated heterocycles. The third-order valence-corrected chi connectivity index (χ3v) is 24.5. The highest BCUT2D eigenvalue weighted by Gasteiger charge is 2.61. The lowest BCUT2D eigenvalue weighted by molar-refractivity contribution is -0.140. The van der Waals surface area contributed by atoms with Gasteiger partial charge in [-0.05, 0) is 153 Å². The van der Waals surface area contributed by atoms with Crippen LogP contribution in [0.25, 0.3) is 0 Å². The van der Waals surface area contributed by atoms with E-state index in [1.807, 2.05) is 0 Å². The first-order valence-corrected chi connectivity index (χ1v) is 30.7. The van der Waals surface area contributed by atoms with E-state index >= 15 is 0 Å². The fourth-order valence-electron chi connectivity index (χ4n) is 15.9. The Balaban J connectivity index is 0.821. The minimum absolute atomic E-state index is 0.0386. The van der Waals surface area contributed by atoms with E-state index in [0.717, 1.165) is 36.8 Å². The van der Waals surface area contributed by atoms with Crippen LogP contribution in [-0.4, -0.2) is 99.9 Å². The van der Waals surface area contributed by atoms with Crippen LogP contribution in [-0.2, 0) is 36.4 Å². The number of amides is 4. The summed E-state index contributed by atoms with van der Waals surface area (Å²) < 4.78 is 13.4. The van der Waals surface area contributed by atoms with Gasteiger partial charge in [-0.3, -0.25) is 14.4 Å². The number of aromatic amines is 2. The third kappa shape index (κ3) is 11.6. The lowest BCUT2D eigenvalue weighted by Crippen LogP contribution is -2.68. The van der Waals surface area contributed by atoms with Gasteiger partial charge in [0, 0.05) is 68.3 Å². The molecule has 5 unspecified atom stereocenters. The van der Waals surface area contributed by atoms with Gasteiger partial charge in [0.2, 0.25) is 17.7 Å². The fourth-order valence-corrected chi connectivity index (χ4v) is 20.6. The van der Waals surface area contributed by atoms with Gasteiger partial charge in [-0.15, -0.1) is 0 Å². The minimum atomic E-state index is -2.64. The number of hydrogen-bond acceptors (Lipinski definition) is 8. The van der Waals surface area contributed by atoms with E-state index in [9.17, 15) is 19.2 Å². The summed E-state index contributed by atoms with van der Waals surface area (Å²) in [5, 5.41) is 11.7. The van der Waals surface area contributed by atoms with Gasteiger partial charge in [0.15, 0.2) is 0 Å². The molecule has 0 radical (unpaired) electrons. The van der Waals surface area contributed by atoms with Gasteiger partial charge in [-0.25, -0.2) is 14.8 Å². The molecular weight excluding hydrogens is 969 g/mol. The van der Waals surface area contributed by atoms with Crippen LogP contribution in [0.2, 0.25) is 5.04 Å². The number of ether oxygens (including phenoxy) is 1. The molecule has 2 aromatic carbocycles. The SMILES string of the molecule is C[C@H](CCC(=O)N[C@H]1C[C@@H](C(=O)NCCc2cnc[nH]2)N(C(=O)C(Cc2cnc[nH]2)NC(=O)OC(C)(C)C)C1)[C@H]1CCC2C3CCC4C[C@@H](O[Si](c5ccccc5)(c5ccccc5)C(C)(C)C)CC[C@]4(C)C3CC[C@@]21C. The maximum atomic E-state index is 14.6. The Morgan fingerprint density at radius 1 is 0.803 bits per heavy atom. The Morgan fingerprint density at radius 2 is 1.45 bits per heavy atom. The number of alkyl carbamates (subject to hydrolysis) is 1. The van der Waals surface area contributed by atoms with E-state index in [0.29, 0.717) is 54.2 Å². The van der Waals surface area contributed by atoms with Crippen molar-refractivity contribution in [2.45, 2.75) is 187 Å². The summed E-state index contributed by atoms with van der Waals surface area (Å²) in [4.78, 5) is 71.4. The third-order valence-electron chi connectivity index (χ3n) is 19.4. The van der Waals surface area contributed by atoms with Crippen molar-refractivity contribution in [2.24, 2.45) is 46.3 Å². The summed E-state index contributed by atoms with van der Waals surface area (Å²) in [6, 6.07) is 20.0. The number of fused-ring (bicyclic) bond motifs is 5. The van der Waals surface area contributed by atoms with Crippen molar-refractivity contribution in [3.05, 3.63) is 97.1 Å². The maximum absolute atomic E-state index is 14.6. The Labute approximate surface area is 453 Å². The number of carbonyl (C=O) groups excluding carboxylic acids is 4. The fraction of sp³-hybridized carbons (Fsp3) is 0.639. The number of benzene rings is 2. The molecule has 15 heteroatoms. The monoisotopic (exact) mass is 1060 g/mol. The molecule has 0 spiro atoms. The van der Waals surface area contributed by atoms with Crippen LogP contribution in [0, 0.1) is 46.3 Å². The molecule has 76 heavy (non-hydrogen) atoms. The zero-order valence-electron chi connectivity index (χ0n) is 47.0. The van der Waals surface area contributed by atoms with E-state index in [4.69, 9.17) is 9.16 Å². The minimum Gasteiger partial charge on any atom is -0.444 e. The van der Waals surface area contributed by atoms with E-state index in [1.165, 1.54) is 66.5 Å². The molecule has 12 atom stereocenters. The number of nitrogens with one attached hydrogen (secondary N) is 5. The van der Waals surface area contributed by atoms with Gasteiger partial charge in [0.25, 0.3) is 8.32 Å². The molecule has 1 aliphatic heterocycles. The summed E-state index contributed by atoms with van der Waals surface area (Å²) in [6.45, 7) is 20.6. The zero-order valence-corrected chi connectivity index (χ0v) is 48.0. The first-order valence-electron chi connectivity index (χ1n) is 28.8. The highest BCUT2D eigenvalue weighted by Crippen LogP contribution is 2.68. The second-order valence-corrected chi connectivity index (χ2v) is 30.4. The summed E-state index contributed by atoms with van der Waals surface area (Å²) in [5.41, 5.74) is 1.31. The average Bonchev–Trinajstić information content (AvgIpc) is 4.35. The van der Waals surface area contributed by atoms with E-state index in [1.54, 1.807) is 39.5 Å². The molecule has 5 fully saturated rings. The standard InChI is InChI=1S/C61H88N8O6Si/c1-40(20-25-54(70)67-44-34-53(55(71)64-31-28-42-35-62-38-65-42)69(37-44)56(72)52(33-43-36-63-39-66-43)68-57(73)74-58(2,3)4)49-23-24-50-48-22-21-41-32-45(26-29-60(41,8)51(48)27-30-61(49,50)9)75-76(59(5,6)7,46-16-12-10-13-17-46)47-18-14-11-15-19-47/h10-19,35-36,38-41,44-45,48-53H,20-34,37H2,1-9H3,(H,62,65)(H,63,66)(H,64,71)(H,67,70)(H,68,73)/t40-,41?,44+,45+,48?,49-,50?,51?,52?,53+,60+,61-/m1/s1. The molecule has 5 N–H and O–H groups in total. The Kier molecular flexibility index (Phi) is 16.5. The summed E-state index contributed by atoms with van der Waals surface area (Å²) in [7, 11) is -2.64. The quantitative estimate of drug-likeness (QED) is 0.0649. The number of aromatic nitrogens is 4. The topological polar surface area (TPSA) is 183 Å². The first-order chi connectivity index (χ1) is 36.2. The van der Waals surface area contributed by atoms with Gasteiger partial charge < -0.3 is 40.0 Å². The largest absolute Gasteiger partial charge is 0.444 e. The van der Waals surface area contributed by atoms with Crippen molar-refractivity contribution in [1.29, 1.82) is 0 Å². The molecule has 2 aromatic heterocycles. The van der Waals surface area contributed by atoms with Crippen molar-refractivity contribution in [1.82, 2.24) is 40.8 Å². The number of hydrogen-bond donors (Lipinski definition) is 5. The van der Waals surface area contributed by atoms with E-state index in [-0.39, 0.29) is 47.8 Å². The average molecular weight is 1060 g/mol. The number of rotatable bonds is 17. The summed E-state index contributed by atoms with van der Waals surface area (Å²) in [6.07, 6.45) is 19.2. The molecule has 14 nitrogen and oxygen atoms in total. The molecule has 4 aliphatic carbocycles. The highest BCUT2D eigenvalue weighted by atomic mass is 28.4.